The Morgan fingerprint density at radius 1 is 0.429 bits per heavy atom. The predicted octanol–water partition coefficient (Wildman–Crippen LogP) is 6.49. The second kappa shape index (κ2) is 6.43. The Hall–Kier alpha value is -3.78. The second-order valence-electron chi connectivity index (χ2n) is 7.05. The normalized spacial score (nSPS) is 11.1. The summed E-state index contributed by atoms with van der Waals surface area (Å²) in [6.07, 6.45) is 0. The van der Waals surface area contributed by atoms with Crippen LogP contribution in [0.2, 0.25) is 0 Å². The lowest BCUT2D eigenvalue weighted by molar-refractivity contribution is 1.60. The smallest absolute Gasteiger partial charge is 0.0640 e. The standard InChI is InChI=1S/C26H20N2/c27-25-22-16-20-14-8-7-13-19(20)15-21(22)23(17-9-3-1-4-10-17)24(26(25)28)18-11-5-2-6-12-18/h1-16H,27-28H2. The van der Waals surface area contributed by atoms with Crippen LogP contribution in [0, 0.1) is 0 Å². The summed E-state index contributed by atoms with van der Waals surface area (Å²) in [6, 6.07) is 33.4. The van der Waals surface area contributed by atoms with Crippen LogP contribution in [0.5, 0.6) is 0 Å². The molecule has 0 aliphatic carbocycles. The summed E-state index contributed by atoms with van der Waals surface area (Å²) in [7, 11) is 0. The van der Waals surface area contributed by atoms with Crippen molar-refractivity contribution in [2.75, 3.05) is 11.5 Å². The summed E-state index contributed by atoms with van der Waals surface area (Å²) >= 11 is 0. The summed E-state index contributed by atoms with van der Waals surface area (Å²) < 4.78 is 0. The van der Waals surface area contributed by atoms with Crippen LogP contribution >= 0.6 is 0 Å². The van der Waals surface area contributed by atoms with Crippen LogP contribution in [0.1, 0.15) is 0 Å². The number of benzene rings is 5. The van der Waals surface area contributed by atoms with Gasteiger partial charge in [0.05, 0.1) is 11.4 Å². The van der Waals surface area contributed by atoms with Gasteiger partial charge in [0.25, 0.3) is 0 Å². The van der Waals surface area contributed by atoms with E-state index >= 15 is 0 Å². The van der Waals surface area contributed by atoms with Crippen molar-refractivity contribution in [2.45, 2.75) is 0 Å². The quantitative estimate of drug-likeness (QED) is 0.279. The van der Waals surface area contributed by atoms with Gasteiger partial charge in [0.2, 0.25) is 0 Å². The van der Waals surface area contributed by atoms with E-state index in [1.807, 2.05) is 30.3 Å². The molecule has 5 aromatic carbocycles. The average molecular weight is 360 g/mol. The minimum atomic E-state index is 0.632. The molecule has 0 aliphatic rings. The molecule has 0 spiro atoms. The Balaban J connectivity index is 2.01. The van der Waals surface area contributed by atoms with Crippen LogP contribution < -0.4 is 11.5 Å². The lowest BCUT2D eigenvalue weighted by Gasteiger charge is -2.20. The lowest BCUT2D eigenvalue weighted by atomic mass is 9.86. The van der Waals surface area contributed by atoms with E-state index in [1.54, 1.807) is 0 Å². The molecule has 0 bridgehead atoms. The maximum Gasteiger partial charge on any atom is 0.0640 e. The van der Waals surface area contributed by atoms with Crippen molar-refractivity contribution < 1.29 is 0 Å². The fourth-order valence-corrected chi connectivity index (χ4v) is 4.03. The zero-order valence-electron chi connectivity index (χ0n) is 15.4. The predicted molar refractivity (Wildman–Crippen MR) is 121 cm³/mol. The zero-order valence-corrected chi connectivity index (χ0v) is 15.4. The minimum absolute atomic E-state index is 0.632. The van der Waals surface area contributed by atoms with Crippen molar-refractivity contribution in [2.24, 2.45) is 0 Å². The molecule has 2 nitrogen and oxygen atoms in total. The molecule has 0 heterocycles. The first-order valence-corrected chi connectivity index (χ1v) is 9.38. The van der Waals surface area contributed by atoms with E-state index in [9.17, 15) is 0 Å². The number of anilines is 2. The number of hydrogen-bond donors (Lipinski definition) is 2. The molecule has 5 aromatic rings. The first-order valence-electron chi connectivity index (χ1n) is 9.38. The van der Waals surface area contributed by atoms with Gasteiger partial charge in [-0.05, 0) is 45.0 Å². The monoisotopic (exact) mass is 360 g/mol. The topological polar surface area (TPSA) is 52.0 Å². The molecule has 134 valence electrons. The summed E-state index contributed by atoms with van der Waals surface area (Å²) in [6.45, 7) is 0. The molecule has 0 saturated heterocycles. The fourth-order valence-electron chi connectivity index (χ4n) is 4.03. The molecule has 0 aromatic heterocycles. The summed E-state index contributed by atoms with van der Waals surface area (Å²) in [4.78, 5) is 0. The molecule has 4 N–H and O–H groups in total. The molecular formula is C26H20N2. The second-order valence-corrected chi connectivity index (χ2v) is 7.05. The van der Waals surface area contributed by atoms with Crippen molar-refractivity contribution in [3.63, 3.8) is 0 Å². The number of nitrogen functional groups attached to an aromatic ring is 2. The van der Waals surface area contributed by atoms with Crippen molar-refractivity contribution in [1.82, 2.24) is 0 Å². The molecule has 0 aliphatic heterocycles. The highest BCUT2D eigenvalue weighted by Gasteiger charge is 2.19. The molecular weight excluding hydrogens is 340 g/mol. The van der Waals surface area contributed by atoms with Gasteiger partial charge in [-0.2, -0.15) is 0 Å². The van der Waals surface area contributed by atoms with Crippen molar-refractivity contribution >= 4 is 32.9 Å². The van der Waals surface area contributed by atoms with Crippen LogP contribution in [0.3, 0.4) is 0 Å². The maximum absolute atomic E-state index is 6.64. The third-order valence-corrected chi connectivity index (χ3v) is 5.38. The van der Waals surface area contributed by atoms with Gasteiger partial charge >= 0.3 is 0 Å². The van der Waals surface area contributed by atoms with Gasteiger partial charge in [-0.25, -0.2) is 0 Å². The number of rotatable bonds is 2. The van der Waals surface area contributed by atoms with Crippen LogP contribution in [-0.2, 0) is 0 Å². The van der Waals surface area contributed by atoms with Crippen LogP contribution in [-0.4, -0.2) is 0 Å². The van der Waals surface area contributed by atoms with E-state index in [2.05, 4.69) is 66.7 Å². The molecule has 0 amide bonds. The van der Waals surface area contributed by atoms with E-state index in [-0.39, 0.29) is 0 Å². The van der Waals surface area contributed by atoms with Gasteiger partial charge in [0, 0.05) is 10.9 Å². The Morgan fingerprint density at radius 2 is 0.893 bits per heavy atom. The Bertz CT molecular complexity index is 1310. The van der Waals surface area contributed by atoms with Crippen molar-refractivity contribution in [3.8, 4) is 22.3 Å². The molecule has 28 heavy (non-hydrogen) atoms. The van der Waals surface area contributed by atoms with Crippen LogP contribution in [0.15, 0.2) is 97.1 Å². The van der Waals surface area contributed by atoms with Gasteiger partial charge in [0.1, 0.15) is 0 Å². The highest BCUT2D eigenvalue weighted by atomic mass is 14.7. The SMILES string of the molecule is Nc1c(-c2ccccc2)c(-c2ccccc2)c2cc3ccccc3cc2c1N. The van der Waals surface area contributed by atoms with Gasteiger partial charge in [0.15, 0.2) is 0 Å². The number of hydrogen-bond acceptors (Lipinski definition) is 2. The van der Waals surface area contributed by atoms with E-state index < -0.39 is 0 Å². The summed E-state index contributed by atoms with van der Waals surface area (Å²) in [5.41, 5.74) is 18.8. The van der Waals surface area contributed by atoms with E-state index in [1.165, 1.54) is 5.39 Å². The molecule has 5 rings (SSSR count). The largest absolute Gasteiger partial charge is 0.397 e. The van der Waals surface area contributed by atoms with E-state index in [0.717, 1.165) is 38.4 Å². The van der Waals surface area contributed by atoms with Crippen molar-refractivity contribution in [3.05, 3.63) is 97.1 Å². The van der Waals surface area contributed by atoms with Crippen LogP contribution in [0.4, 0.5) is 11.4 Å². The average Bonchev–Trinajstić information content (AvgIpc) is 2.76. The van der Waals surface area contributed by atoms with Gasteiger partial charge in [-0.15, -0.1) is 0 Å². The number of fused-ring (bicyclic) bond motifs is 2. The molecule has 0 radical (unpaired) electrons. The summed E-state index contributed by atoms with van der Waals surface area (Å²) in [5.74, 6) is 0. The fraction of sp³-hybridized carbons (Fsp3) is 0. The first-order chi connectivity index (χ1) is 13.7. The maximum atomic E-state index is 6.64. The minimum Gasteiger partial charge on any atom is -0.397 e. The van der Waals surface area contributed by atoms with Gasteiger partial charge in [-0.3, -0.25) is 0 Å². The first kappa shape index (κ1) is 16.4. The number of nitrogens with two attached hydrogens (primary N) is 2. The van der Waals surface area contributed by atoms with Gasteiger partial charge < -0.3 is 11.5 Å². The Morgan fingerprint density at radius 3 is 1.46 bits per heavy atom. The Kier molecular flexibility index (Phi) is 3.77. The highest BCUT2D eigenvalue weighted by Crippen LogP contribution is 2.46. The van der Waals surface area contributed by atoms with Crippen molar-refractivity contribution in [1.29, 1.82) is 0 Å². The van der Waals surface area contributed by atoms with Gasteiger partial charge in [-0.1, -0.05) is 84.9 Å². The highest BCUT2D eigenvalue weighted by molar-refractivity contribution is 6.18. The van der Waals surface area contributed by atoms with Crippen LogP contribution in [0.25, 0.3) is 43.8 Å². The molecule has 0 fully saturated rings. The molecule has 0 atom stereocenters. The molecule has 2 heteroatoms. The zero-order chi connectivity index (χ0) is 19.1. The van der Waals surface area contributed by atoms with E-state index in [4.69, 9.17) is 11.5 Å². The lowest BCUT2D eigenvalue weighted by Crippen LogP contribution is -2.01. The third kappa shape index (κ3) is 2.50. The Labute approximate surface area is 164 Å². The molecule has 0 unspecified atom stereocenters. The summed E-state index contributed by atoms with van der Waals surface area (Å²) in [5, 5.41) is 4.47. The van der Waals surface area contributed by atoms with E-state index in [0.29, 0.717) is 11.4 Å². The third-order valence-electron chi connectivity index (χ3n) is 5.38. The molecule has 0 saturated carbocycles.